The molecule has 17 aromatic carbocycles. The van der Waals surface area contributed by atoms with Crippen LogP contribution in [0.5, 0.6) is 0 Å². The Morgan fingerprint density at radius 2 is 0.602 bits per heavy atom. The predicted molar refractivity (Wildman–Crippen MR) is 468 cm³/mol. The molecule has 0 N–H and O–H groups in total. The summed E-state index contributed by atoms with van der Waals surface area (Å²) in [5.41, 5.74) is 34.9. The highest BCUT2D eigenvalue weighted by Gasteiger charge is 2.34. The first kappa shape index (κ1) is 62.3. The molecule has 23 aromatic rings. The molecule has 7 nitrogen and oxygen atoms in total. The fourth-order valence-corrected chi connectivity index (χ4v) is 20.2. The van der Waals surface area contributed by atoms with Gasteiger partial charge in [-0.25, -0.2) is 9.97 Å². The summed E-state index contributed by atoms with van der Waals surface area (Å²) in [6.07, 6.45) is 5.01. The average Bonchev–Trinajstić information content (AvgIpc) is 1.53. The summed E-state index contributed by atoms with van der Waals surface area (Å²) in [7, 11) is 0. The molecule has 2 aliphatic carbocycles. The van der Waals surface area contributed by atoms with Crippen LogP contribution in [0.3, 0.4) is 0 Å². The topological polar surface area (TPSA) is 58.6 Å². The van der Waals surface area contributed by atoms with Crippen molar-refractivity contribution in [3.8, 4) is 67.5 Å². The molecule has 6 heterocycles. The Bertz CT molecular complexity index is 8050. The molecule has 0 atom stereocenters. The summed E-state index contributed by atoms with van der Waals surface area (Å²) in [5, 5.41) is 17.5. The third-order valence-corrected chi connectivity index (χ3v) is 25.0. The van der Waals surface area contributed by atoms with E-state index in [1.54, 1.807) is 6.33 Å². The molecule has 7 heteroatoms. The molecule has 0 saturated carbocycles. The van der Waals surface area contributed by atoms with Crippen molar-refractivity contribution in [1.29, 1.82) is 0 Å². The molecular formula is C106H66N6O. The van der Waals surface area contributed by atoms with Crippen LogP contribution in [0.1, 0.15) is 44.5 Å². The second kappa shape index (κ2) is 23.9. The Labute approximate surface area is 649 Å². The van der Waals surface area contributed by atoms with Crippen LogP contribution in [0.4, 0.5) is 0 Å². The molecule has 0 radical (unpaired) electrons. The van der Waals surface area contributed by atoms with E-state index in [-0.39, 0.29) is 0 Å². The lowest BCUT2D eigenvalue weighted by Gasteiger charge is -2.24. The standard InChI is InChI=1S/C106H66N6O/c1-4-24-63(25-5-1)101-96(69-29-23-35-78(56-69)111-92-43-19-14-39-83(92)99-88-58-73-52-65-27-11-10-26-64(65)51-72(73)57-86(88)97-81-37-12-17-41-90(81)109(103(97)105(99)111)76-31-6-2-7-32-76)102(108-62-107-101)70-30-22-28-66(50-70)67-46-47-68-54-74-59-87-89(60-75(74)55-71(68)53-67)100-84-40-15-20-44-93(84)112(79-48-49-95-85(61-79)80-36-16-21-45-94(80)113-95)106(100)104-98(87)82-38-13-18-42-91(82)110(104)77-33-8-3-9-34-77/h1-56,61-62H,57-60H2. The van der Waals surface area contributed by atoms with Gasteiger partial charge in [-0.05, 0) is 205 Å². The van der Waals surface area contributed by atoms with Crippen molar-refractivity contribution in [2.45, 2.75) is 25.7 Å². The van der Waals surface area contributed by atoms with Gasteiger partial charge in [0.15, 0.2) is 0 Å². The van der Waals surface area contributed by atoms with Crippen LogP contribution in [-0.4, -0.2) is 28.2 Å². The maximum atomic E-state index is 6.48. The molecule has 113 heavy (non-hydrogen) atoms. The third-order valence-electron chi connectivity index (χ3n) is 25.0. The van der Waals surface area contributed by atoms with Crippen molar-refractivity contribution < 1.29 is 4.42 Å². The molecule has 526 valence electrons. The highest BCUT2D eigenvalue weighted by molar-refractivity contribution is 6.29. The second-order valence-corrected chi connectivity index (χ2v) is 31.0. The smallest absolute Gasteiger partial charge is 0.135 e. The van der Waals surface area contributed by atoms with Gasteiger partial charge in [-0.2, -0.15) is 0 Å². The van der Waals surface area contributed by atoms with E-state index < -0.39 is 0 Å². The lowest BCUT2D eigenvalue weighted by molar-refractivity contribution is 0.669. The molecule has 0 saturated heterocycles. The van der Waals surface area contributed by atoms with E-state index in [2.05, 4.69) is 364 Å². The van der Waals surface area contributed by atoms with Crippen LogP contribution in [0.25, 0.3) is 198 Å². The number of furan rings is 1. The Balaban J connectivity index is 0.650. The third kappa shape index (κ3) is 9.13. The molecule has 2 aliphatic rings. The molecule has 25 rings (SSSR count). The molecule has 0 spiro atoms. The zero-order chi connectivity index (χ0) is 73.7. The SMILES string of the molecule is c1ccc(-c2ncnc(-c3cccc(-c4ccc5cc6c(cc5c4)Cc4c(c5c7ccccc7n(-c7ccccc7)c5c5c4c4ccccc4n5-c4ccc5oc7ccccc7c5c4)C6)c3)c2-c2cccc(-n3c4ccccc4c4c5c(c6c7ccccc7n(-c7ccccc7)c6c43)Cc3cc4ccccc4cc3C5)c2)cc1. The van der Waals surface area contributed by atoms with Gasteiger partial charge in [-0.1, -0.05) is 249 Å². The Morgan fingerprint density at radius 1 is 0.230 bits per heavy atom. The van der Waals surface area contributed by atoms with Crippen LogP contribution in [0.15, 0.2) is 357 Å². The highest BCUT2D eigenvalue weighted by Crippen LogP contribution is 2.53. The fourth-order valence-electron chi connectivity index (χ4n) is 20.2. The molecule has 0 aliphatic heterocycles. The van der Waals surface area contributed by atoms with Gasteiger partial charge >= 0.3 is 0 Å². The van der Waals surface area contributed by atoms with E-state index in [1.165, 1.54) is 148 Å². The first-order valence-electron chi connectivity index (χ1n) is 39.3. The minimum Gasteiger partial charge on any atom is -0.456 e. The largest absolute Gasteiger partial charge is 0.456 e. The maximum absolute atomic E-state index is 6.48. The number of hydrogen-bond acceptors (Lipinski definition) is 3. The van der Waals surface area contributed by atoms with Crippen LogP contribution in [0, 0.1) is 0 Å². The van der Waals surface area contributed by atoms with Gasteiger partial charge in [0, 0.05) is 93.3 Å². The van der Waals surface area contributed by atoms with Gasteiger partial charge in [0.2, 0.25) is 0 Å². The zero-order valence-electron chi connectivity index (χ0n) is 61.4. The van der Waals surface area contributed by atoms with Gasteiger partial charge < -0.3 is 22.7 Å². The van der Waals surface area contributed by atoms with Crippen LogP contribution >= 0.6 is 0 Å². The summed E-state index contributed by atoms with van der Waals surface area (Å²) in [5.74, 6) is 0. The van der Waals surface area contributed by atoms with Crippen molar-refractivity contribution in [1.82, 2.24) is 28.2 Å². The summed E-state index contributed by atoms with van der Waals surface area (Å²) in [4.78, 5) is 10.6. The maximum Gasteiger partial charge on any atom is 0.135 e. The molecule has 0 amide bonds. The van der Waals surface area contributed by atoms with Crippen LogP contribution < -0.4 is 0 Å². The van der Waals surface area contributed by atoms with E-state index in [4.69, 9.17) is 14.4 Å². The first-order valence-corrected chi connectivity index (χ1v) is 39.3. The van der Waals surface area contributed by atoms with Crippen LogP contribution in [-0.2, 0) is 25.7 Å². The predicted octanol–water partition coefficient (Wildman–Crippen LogP) is 26.7. The number of rotatable bonds is 8. The first-order chi connectivity index (χ1) is 56.0. The number of benzene rings is 17. The Hall–Kier alpha value is -14.7. The molecule has 6 aromatic heterocycles. The lowest BCUT2D eigenvalue weighted by atomic mass is 9.80. The van der Waals surface area contributed by atoms with E-state index in [1.807, 2.05) is 0 Å². The van der Waals surface area contributed by atoms with Crippen molar-refractivity contribution >= 4 is 131 Å². The van der Waals surface area contributed by atoms with E-state index in [0.29, 0.717) is 0 Å². The van der Waals surface area contributed by atoms with Crippen LogP contribution in [0.2, 0.25) is 0 Å². The minimum atomic E-state index is 0.784. The fraction of sp³-hybridized carbons (Fsp3) is 0.0377. The number of nitrogens with zero attached hydrogens (tertiary/aromatic N) is 6. The Morgan fingerprint density at radius 3 is 1.13 bits per heavy atom. The summed E-state index contributed by atoms with van der Waals surface area (Å²) >= 11 is 0. The average molecular weight is 1440 g/mol. The summed E-state index contributed by atoms with van der Waals surface area (Å²) < 4.78 is 16.7. The number of hydrogen-bond donors (Lipinski definition) is 0. The quantitative estimate of drug-likeness (QED) is 0.152. The normalized spacial score (nSPS) is 12.8. The van der Waals surface area contributed by atoms with Crippen molar-refractivity contribution in [2.75, 3.05) is 0 Å². The molecule has 0 fully saturated rings. The van der Waals surface area contributed by atoms with Gasteiger partial charge in [-0.3, -0.25) is 0 Å². The van der Waals surface area contributed by atoms with Crippen molar-refractivity contribution in [2.24, 2.45) is 0 Å². The van der Waals surface area contributed by atoms with Crippen molar-refractivity contribution in [3.63, 3.8) is 0 Å². The lowest BCUT2D eigenvalue weighted by Crippen LogP contribution is -2.10. The highest BCUT2D eigenvalue weighted by atomic mass is 16.3. The van der Waals surface area contributed by atoms with Crippen molar-refractivity contribution in [3.05, 3.63) is 397 Å². The number of para-hydroxylation sites is 7. The number of fused-ring (bicyclic) bond motifs is 27. The molecule has 0 unspecified atom stereocenters. The summed E-state index contributed by atoms with van der Waals surface area (Å²) in [6.45, 7) is 0. The zero-order valence-corrected chi connectivity index (χ0v) is 61.4. The molecular weight excluding hydrogens is 1370 g/mol. The van der Waals surface area contributed by atoms with Gasteiger partial charge in [0.05, 0.1) is 55.5 Å². The van der Waals surface area contributed by atoms with Gasteiger partial charge in [-0.15, -0.1) is 0 Å². The second-order valence-electron chi connectivity index (χ2n) is 31.0. The van der Waals surface area contributed by atoms with Gasteiger partial charge in [0.1, 0.15) is 17.5 Å². The minimum absolute atomic E-state index is 0.784. The van der Waals surface area contributed by atoms with E-state index >= 15 is 0 Å². The van der Waals surface area contributed by atoms with E-state index in [0.717, 1.165) is 121 Å². The van der Waals surface area contributed by atoms with E-state index in [9.17, 15) is 0 Å². The molecule has 0 bridgehead atoms. The Kier molecular flexibility index (Phi) is 13.2. The summed E-state index contributed by atoms with van der Waals surface area (Å²) in [6, 6.07) is 128. The monoisotopic (exact) mass is 1440 g/mol. The number of aromatic nitrogens is 6. The van der Waals surface area contributed by atoms with Gasteiger partial charge in [0.25, 0.3) is 0 Å².